The molecule has 0 aliphatic carbocycles. The smallest absolute Gasteiger partial charge is 0.224 e. The summed E-state index contributed by atoms with van der Waals surface area (Å²) in [5.41, 5.74) is 3.16. The van der Waals surface area contributed by atoms with Crippen molar-refractivity contribution in [3.05, 3.63) is 29.6 Å². The summed E-state index contributed by atoms with van der Waals surface area (Å²) in [6, 6.07) is 6.09. The van der Waals surface area contributed by atoms with Gasteiger partial charge in [-0.15, -0.1) is 11.6 Å². The molecule has 0 saturated heterocycles. The number of carbonyl (C=O) groups excluding carboxylic acids is 1. The minimum atomic E-state index is 0.176. The lowest BCUT2D eigenvalue weighted by atomic mass is 10.2. The molecule has 1 aromatic heterocycles. The van der Waals surface area contributed by atoms with Crippen LogP contribution >= 0.6 is 11.6 Å². The fraction of sp³-hybridized carbons (Fsp3) is 0.500. The van der Waals surface area contributed by atoms with Crippen LogP contribution in [-0.4, -0.2) is 33.4 Å². The lowest BCUT2D eigenvalue weighted by Gasteiger charge is -2.19. The third-order valence-corrected chi connectivity index (χ3v) is 4.08. The summed E-state index contributed by atoms with van der Waals surface area (Å²) in [5.74, 6) is 1.36. The van der Waals surface area contributed by atoms with Crippen molar-refractivity contribution in [3.63, 3.8) is 0 Å². The van der Waals surface area contributed by atoms with E-state index in [2.05, 4.69) is 9.55 Å². The first kappa shape index (κ1) is 15.8. The molecule has 114 valence electrons. The van der Waals surface area contributed by atoms with E-state index >= 15 is 0 Å². The SMILES string of the molecule is CCN(CC)C(=O)CCn1c(CCl)nc2c(C)cccc21. The van der Waals surface area contributed by atoms with Crippen LogP contribution in [0.25, 0.3) is 11.0 Å². The molecule has 0 aliphatic heterocycles. The van der Waals surface area contributed by atoms with E-state index < -0.39 is 0 Å². The Bertz CT molecular complexity index is 632. The fourth-order valence-corrected chi connectivity index (χ4v) is 2.83. The van der Waals surface area contributed by atoms with Crippen molar-refractivity contribution in [3.8, 4) is 0 Å². The van der Waals surface area contributed by atoms with Crippen LogP contribution in [0.4, 0.5) is 0 Å². The number of aryl methyl sites for hydroxylation is 2. The van der Waals surface area contributed by atoms with Crippen LogP contribution < -0.4 is 0 Å². The molecule has 0 unspecified atom stereocenters. The van der Waals surface area contributed by atoms with E-state index in [-0.39, 0.29) is 5.91 Å². The van der Waals surface area contributed by atoms with Crippen LogP contribution in [0.2, 0.25) is 0 Å². The van der Waals surface area contributed by atoms with E-state index in [1.165, 1.54) is 0 Å². The van der Waals surface area contributed by atoms with Crippen molar-refractivity contribution in [2.24, 2.45) is 0 Å². The van der Waals surface area contributed by atoms with Crippen LogP contribution in [-0.2, 0) is 17.2 Å². The summed E-state index contributed by atoms with van der Waals surface area (Å²) in [7, 11) is 0. The van der Waals surface area contributed by atoms with Gasteiger partial charge >= 0.3 is 0 Å². The van der Waals surface area contributed by atoms with Gasteiger partial charge in [0.15, 0.2) is 0 Å². The summed E-state index contributed by atoms with van der Waals surface area (Å²) in [6.45, 7) is 8.17. The molecule has 0 saturated carbocycles. The Hall–Kier alpha value is -1.55. The Balaban J connectivity index is 2.25. The largest absolute Gasteiger partial charge is 0.343 e. The summed E-state index contributed by atoms with van der Waals surface area (Å²) in [5, 5.41) is 0. The second-order valence-corrected chi connectivity index (χ2v) is 5.34. The van der Waals surface area contributed by atoms with Crippen LogP contribution in [0.3, 0.4) is 0 Å². The molecule has 1 amide bonds. The van der Waals surface area contributed by atoms with Gasteiger partial charge in [-0.1, -0.05) is 12.1 Å². The molecule has 2 rings (SSSR count). The average Bonchev–Trinajstić information content (AvgIpc) is 2.85. The van der Waals surface area contributed by atoms with Gasteiger partial charge < -0.3 is 9.47 Å². The highest BCUT2D eigenvalue weighted by molar-refractivity contribution is 6.16. The van der Waals surface area contributed by atoms with Crippen molar-refractivity contribution < 1.29 is 4.79 Å². The zero-order valence-electron chi connectivity index (χ0n) is 12.9. The second-order valence-electron chi connectivity index (χ2n) is 5.07. The number of alkyl halides is 1. The number of halogens is 1. The van der Waals surface area contributed by atoms with E-state index in [1.54, 1.807) is 0 Å². The van der Waals surface area contributed by atoms with E-state index in [9.17, 15) is 4.79 Å². The predicted octanol–water partition coefficient (Wildman–Crippen LogP) is 3.34. The van der Waals surface area contributed by atoms with Gasteiger partial charge in [-0.05, 0) is 32.4 Å². The first-order valence-corrected chi connectivity index (χ1v) is 7.94. The highest BCUT2D eigenvalue weighted by Crippen LogP contribution is 2.21. The molecular formula is C16H22ClN3O. The molecule has 0 bridgehead atoms. The van der Waals surface area contributed by atoms with Gasteiger partial charge in [0.1, 0.15) is 5.82 Å². The molecule has 1 aromatic carbocycles. The Morgan fingerprint density at radius 3 is 2.67 bits per heavy atom. The number of carbonyl (C=O) groups is 1. The first-order valence-electron chi connectivity index (χ1n) is 7.40. The van der Waals surface area contributed by atoms with Gasteiger partial charge in [-0.3, -0.25) is 4.79 Å². The van der Waals surface area contributed by atoms with Crippen LogP contribution in [0.5, 0.6) is 0 Å². The molecule has 1 heterocycles. The Morgan fingerprint density at radius 2 is 2.05 bits per heavy atom. The summed E-state index contributed by atoms with van der Waals surface area (Å²) < 4.78 is 2.07. The van der Waals surface area contributed by atoms with E-state index in [4.69, 9.17) is 11.6 Å². The lowest BCUT2D eigenvalue weighted by molar-refractivity contribution is -0.131. The van der Waals surface area contributed by atoms with Gasteiger partial charge in [-0.2, -0.15) is 0 Å². The number of rotatable bonds is 6. The van der Waals surface area contributed by atoms with Crippen molar-refractivity contribution in [2.75, 3.05) is 13.1 Å². The molecule has 4 nitrogen and oxygen atoms in total. The number of amides is 1. The molecule has 5 heteroatoms. The maximum Gasteiger partial charge on any atom is 0.224 e. The minimum absolute atomic E-state index is 0.176. The van der Waals surface area contributed by atoms with Gasteiger partial charge in [0, 0.05) is 26.1 Å². The first-order chi connectivity index (χ1) is 10.1. The third-order valence-electron chi connectivity index (χ3n) is 3.84. The summed E-state index contributed by atoms with van der Waals surface area (Å²) in [6.07, 6.45) is 0.477. The molecule has 2 aromatic rings. The van der Waals surface area contributed by atoms with Crippen molar-refractivity contribution >= 4 is 28.5 Å². The van der Waals surface area contributed by atoms with Gasteiger partial charge in [0.05, 0.1) is 16.9 Å². The van der Waals surface area contributed by atoms with Crippen molar-refractivity contribution in [1.82, 2.24) is 14.5 Å². The van der Waals surface area contributed by atoms with E-state index in [0.29, 0.717) is 18.8 Å². The number of hydrogen-bond acceptors (Lipinski definition) is 2. The third kappa shape index (κ3) is 3.21. The number of nitrogens with zero attached hydrogens (tertiary/aromatic N) is 3. The predicted molar refractivity (Wildman–Crippen MR) is 86.6 cm³/mol. The van der Waals surface area contributed by atoms with Gasteiger partial charge in [0.25, 0.3) is 0 Å². The highest BCUT2D eigenvalue weighted by Gasteiger charge is 2.14. The number of aromatic nitrogens is 2. The number of benzene rings is 1. The number of imidazole rings is 1. The number of para-hydroxylation sites is 1. The molecule has 0 fully saturated rings. The second kappa shape index (κ2) is 6.94. The molecule has 21 heavy (non-hydrogen) atoms. The van der Waals surface area contributed by atoms with E-state index in [0.717, 1.165) is 35.5 Å². The molecule has 0 radical (unpaired) electrons. The summed E-state index contributed by atoms with van der Waals surface area (Å²) in [4.78, 5) is 18.6. The molecule has 0 aliphatic rings. The molecule has 0 N–H and O–H groups in total. The quantitative estimate of drug-likeness (QED) is 0.768. The Labute approximate surface area is 130 Å². The van der Waals surface area contributed by atoms with Crippen LogP contribution in [0, 0.1) is 6.92 Å². The zero-order chi connectivity index (χ0) is 15.4. The van der Waals surface area contributed by atoms with Gasteiger partial charge in [0.2, 0.25) is 5.91 Å². The zero-order valence-corrected chi connectivity index (χ0v) is 13.7. The average molecular weight is 308 g/mol. The van der Waals surface area contributed by atoms with Crippen molar-refractivity contribution in [2.45, 2.75) is 39.6 Å². The molecule has 0 atom stereocenters. The molecular weight excluding hydrogens is 286 g/mol. The van der Waals surface area contributed by atoms with E-state index in [1.807, 2.05) is 43.9 Å². The molecule has 0 spiro atoms. The lowest BCUT2D eigenvalue weighted by Crippen LogP contribution is -2.31. The van der Waals surface area contributed by atoms with Crippen molar-refractivity contribution in [1.29, 1.82) is 0 Å². The highest BCUT2D eigenvalue weighted by atomic mass is 35.5. The Kier molecular flexibility index (Phi) is 5.23. The summed E-state index contributed by atoms with van der Waals surface area (Å²) >= 11 is 6.01. The van der Waals surface area contributed by atoms with Gasteiger partial charge in [-0.25, -0.2) is 4.98 Å². The monoisotopic (exact) mass is 307 g/mol. The standard InChI is InChI=1S/C16H22ClN3O/c1-4-19(5-2)15(21)9-10-20-13-8-6-7-12(3)16(13)18-14(20)11-17/h6-8H,4-5,9-11H2,1-3H3. The Morgan fingerprint density at radius 1 is 1.33 bits per heavy atom. The van der Waals surface area contributed by atoms with Crippen LogP contribution in [0.1, 0.15) is 31.7 Å². The fourth-order valence-electron chi connectivity index (χ4n) is 2.63. The minimum Gasteiger partial charge on any atom is -0.343 e. The topological polar surface area (TPSA) is 38.1 Å². The van der Waals surface area contributed by atoms with Crippen LogP contribution in [0.15, 0.2) is 18.2 Å². The number of hydrogen-bond donors (Lipinski definition) is 0. The maximum absolute atomic E-state index is 12.2. The maximum atomic E-state index is 12.2. The number of fused-ring (bicyclic) bond motifs is 1. The normalized spacial score (nSPS) is 11.0.